The van der Waals surface area contributed by atoms with Crippen molar-refractivity contribution in [1.82, 2.24) is 14.1 Å². The molecule has 0 fully saturated rings. The molecule has 0 N–H and O–H groups in total. The Balaban J connectivity index is 1.73. The quantitative estimate of drug-likeness (QED) is 0.349. The highest BCUT2D eigenvalue weighted by Gasteiger charge is 2.18. The molecule has 0 aliphatic heterocycles. The fourth-order valence-electron chi connectivity index (χ4n) is 3.64. The SMILES string of the molecule is C=CCn1c(C)cc(C(=O)Cn2cnc3scc(-c4ccccc4)c3c2=O)c1C. The first-order valence-corrected chi connectivity index (χ1v) is 10.2. The third kappa shape index (κ3) is 3.36. The minimum Gasteiger partial charge on any atom is -0.345 e. The number of carbonyl (C=O) groups is 1. The lowest BCUT2D eigenvalue weighted by molar-refractivity contribution is 0.0970. The molecule has 0 spiro atoms. The number of nitrogens with zero attached hydrogens (tertiary/aromatic N) is 3. The molecule has 1 aromatic carbocycles. The van der Waals surface area contributed by atoms with Gasteiger partial charge in [-0.15, -0.1) is 17.9 Å². The van der Waals surface area contributed by atoms with E-state index in [0.29, 0.717) is 22.3 Å². The molecule has 0 aliphatic carbocycles. The minimum atomic E-state index is -0.191. The Labute approximate surface area is 172 Å². The van der Waals surface area contributed by atoms with E-state index in [0.717, 1.165) is 22.5 Å². The average molecular weight is 404 g/mol. The molecule has 0 atom stereocenters. The zero-order valence-electron chi connectivity index (χ0n) is 16.4. The van der Waals surface area contributed by atoms with Crippen LogP contribution in [0.1, 0.15) is 21.7 Å². The van der Waals surface area contributed by atoms with Crippen molar-refractivity contribution in [3.8, 4) is 11.1 Å². The van der Waals surface area contributed by atoms with Crippen molar-refractivity contribution in [2.75, 3.05) is 0 Å². The van der Waals surface area contributed by atoms with E-state index in [2.05, 4.69) is 11.6 Å². The Kier molecular flexibility index (Phi) is 5.03. The third-order valence-electron chi connectivity index (χ3n) is 5.15. The van der Waals surface area contributed by atoms with Crippen molar-refractivity contribution < 1.29 is 4.79 Å². The number of carbonyl (C=O) groups excluding carboxylic acids is 1. The maximum Gasteiger partial charge on any atom is 0.263 e. The number of ketones is 1. The summed E-state index contributed by atoms with van der Waals surface area (Å²) in [6.45, 7) is 8.26. The van der Waals surface area contributed by atoms with Crippen molar-refractivity contribution in [3.05, 3.63) is 88.1 Å². The van der Waals surface area contributed by atoms with E-state index in [9.17, 15) is 9.59 Å². The molecule has 0 unspecified atom stereocenters. The number of hydrogen-bond donors (Lipinski definition) is 0. The molecule has 3 aromatic heterocycles. The smallest absolute Gasteiger partial charge is 0.263 e. The van der Waals surface area contributed by atoms with E-state index < -0.39 is 0 Å². The van der Waals surface area contributed by atoms with E-state index in [1.54, 1.807) is 6.08 Å². The molecule has 4 rings (SSSR count). The molecular formula is C23H21N3O2S. The summed E-state index contributed by atoms with van der Waals surface area (Å²) >= 11 is 1.44. The summed E-state index contributed by atoms with van der Waals surface area (Å²) in [5.41, 5.74) is 4.14. The minimum absolute atomic E-state index is 0.0375. The molecule has 3 heterocycles. The van der Waals surface area contributed by atoms with Gasteiger partial charge in [-0.05, 0) is 25.5 Å². The zero-order chi connectivity index (χ0) is 20.5. The fourth-order valence-corrected chi connectivity index (χ4v) is 4.55. The summed E-state index contributed by atoms with van der Waals surface area (Å²) in [6, 6.07) is 11.6. The molecular weight excluding hydrogens is 382 g/mol. The lowest BCUT2D eigenvalue weighted by Gasteiger charge is -2.08. The van der Waals surface area contributed by atoms with Crippen LogP contribution in [0.3, 0.4) is 0 Å². The van der Waals surface area contributed by atoms with Gasteiger partial charge < -0.3 is 4.57 Å². The number of aryl methyl sites for hydroxylation is 1. The highest BCUT2D eigenvalue weighted by Crippen LogP contribution is 2.30. The first-order chi connectivity index (χ1) is 14.0. The molecule has 146 valence electrons. The predicted octanol–water partition coefficient (Wildman–Crippen LogP) is 4.61. The molecule has 6 heteroatoms. The van der Waals surface area contributed by atoms with Crippen LogP contribution in [0.4, 0.5) is 0 Å². The fraction of sp³-hybridized carbons (Fsp3) is 0.174. The molecule has 0 aliphatic rings. The van der Waals surface area contributed by atoms with Gasteiger partial charge in [0.15, 0.2) is 5.78 Å². The van der Waals surface area contributed by atoms with Crippen molar-refractivity contribution in [2.45, 2.75) is 26.9 Å². The Morgan fingerprint density at radius 2 is 2.00 bits per heavy atom. The maximum absolute atomic E-state index is 13.2. The third-order valence-corrected chi connectivity index (χ3v) is 6.03. The second kappa shape index (κ2) is 7.64. The molecule has 0 saturated carbocycles. The van der Waals surface area contributed by atoms with Gasteiger partial charge >= 0.3 is 0 Å². The maximum atomic E-state index is 13.2. The van der Waals surface area contributed by atoms with E-state index >= 15 is 0 Å². The summed E-state index contributed by atoms with van der Waals surface area (Å²) in [5, 5.41) is 2.51. The van der Waals surface area contributed by atoms with Crippen molar-refractivity contribution in [1.29, 1.82) is 0 Å². The van der Waals surface area contributed by atoms with Gasteiger partial charge in [-0.1, -0.05) is 36.4 Å². The molecule has 4 aromatic rings. The first-order valence-electron chi connectivity index (χ1n) is 9.34. The van der Waals surface area contributed by atoms with Crippen LogP contribution >= 0.6 is 11.3 Å². The van der Waals surface area contributed by atoms with Gasteiger partial charge in [0.2, 0.25) is 0 Å². The van der Waals surface area contributed by atoms with Crippen molar-refractivity contribution in [3.63, 3.8) is 0 Å². The number of allylic oxidation sites excluding steroid dienone is 1. The van der Waals surface area contributed by atoms with Gasteiger partial charge in [-0.2, -0.15) is 0 Å². The number of Topliss-reactive ketones (excluding diaryl/α,β-unsaturated/α-hetero) is 1. The van der Waals surface area contributed by atoms with Crippen LogP contribution in [-0.4, -0.2) is 19.9 Å². The van der Waals surface area contributed by atoms with Crippen molar-refractivity contribution in [2.24, 2.45) is 0 Å². The molecule has 5 nitrogen and oxygen atoms in total. The Hall–Kier alpha value is -3.25. The highest BCUT2D eigenvalue weighted by atomic mass is 32.1. The summed E-state index contributed by atoms with van der Waals surface area (Å²) in [6.07, 6.45) is 3.27. The highest BCUT2D eigenvalue weighted by molar-refractivity contribution is 7.17. The van der Waals surface area contributed by atoms with Crippen LogP contribution in [0.25, 0.3) is 21.3 Å². The van der Waals surface area contributed by atoms with Crippen LogP contribution in [-0.2, 0) is 13.1 Å². The molecule has 0 bridgehead atoms. The molecule has 0 radical (unpaired) electrons. The molecule has 29 heavy (non-hydrogen) atoms. The number of rotatable bonds is 6. The van der Waals surface area contributed by atoms with Crippen LogP contribution < -0.4 is 5.56 Å². The average Bonchev–Trinajstić information content (AvgIpc) is 3.28. The van der Waals surface area contributed by atoms with Gasteiger partial charge in [0.25, 0.3) is 5.56 Å². The van der Waals surface area contributed by atoms with Crippen molar-refractivity contribution >= 4 is 27.3 Å². The van der Waals surface area contributed by atoms with E-state index in [1.165, 1.54) is 22.2 Å². The Morgan fingerprint density at radius 3 is 2.72 bits per heavy atom. The van der Waals surface area contributed by atoms with Gasteiger partial charge in [0.1, 0.15) is 4.83 Å². The second-order valence-corrected chi connectivity index (χ2v) is 7.84. The van der Waals surface area contributed by atoms with Crippen LogP contribution in [0.15, 0.2) is 65.6 Å². The summed E-state index contributed by atoms with van der Waals surface area (Å²) < 4.78 is 3.44. The normalized spacial score (nSPS) is 11.1. The van der Waals surface area contributed by atoms with E-state index in [1.807, 2.05) is 60.2 Å². The van der Waals surface area contributed by atoms with Crippen LogP contribution in [0.2, 0.25) is 0 Å². The van der Waals surface area contributed by atoms with E-state index in [-0.39, 0.29) is 17.9 Å². The monoisotopic (exact) mass is 403 g/mol. The van der Waals surface area contributed by atoms with Gasteiger partial charge in [0.05, 0.1) is 18.3 Å². The topological polar surface area (TPSA) is 56.9 Å². The first kappa shape index (κ1) is 19.1. The Morgan fingerprint density at radius 1 is 1.24 bits per heavy atom. The molecule has 0 amide bonds. The van der Waals surface area contributed by atoms with E-state index in [4.69, 9.17) is 0 Å². The number of hydrogen-bond acceptors (Lipinski definition) is 4. The lowest BCUT2D eigenvalue weighted by Crippen LogP contribution is -2.24. The largest absolute Gasteiger partial charge is 0.345 e. The predicted molar refractivity (Wildman–Crippen MR) is 118 cm³/mol. The number of fused-ring (bicyclic) bond motifs is 1. The van der Waals surface area contributed by atoms with Gasteiger partial charge in [-0.3, -0.25) is 14.2 Å². The summed E-state index contributed by atoms with van der Waals surface area (Å²) in [5.74, 6) is -0.104. The zero-order valence-corrected chi connectivity index (χ0v) is 17.2. The van der Waals surface area contributed by atoms with Gasteiger partial charge in [-0.25, -0.2) is 4.98 Å². The number of thiophene rings is 1. The Bertz CT molecular complexity index is 1280. The van der Waals surface area contributed by atoms with Crippen LogP contribution in [0.5, 0.6) is 0 Å². The molecule has 0 saturated heterocycles. The second-order valence-electron chi connectivity index (χ2n) is 6.98. The summed E-state index contributed by atoms with van der Waals surface area (Å²) in [7, 11) is 0. The number of aromatic nitrogens is 3. The lowest BCUT2D eigenvalue weighted by atomic mass is 10.1. The standard InChI is InChI=1S/C23H21N3O2S/c1-4-10-26-15(2)11-18(16(26)3)20(27)12-25-14-24-22-21(23(25)28)19(13-29-22)17-8-6-5-7-9-17/h4-9,11,13-14H,1,10,12H2,2-3H3. The van der Waals surface area contributed by atoms with Gasteiger partial charge in [0, 0.05) is 34.4 Å². The van der Waals surface area contributed by atoms with Crippen LogP contribution in [0, 0.1) is 13.8 Å². The number of benzene rings is 1. The summed E-state index contributed by atoms with van der Waals surface area (Å²) in [4.78, 5) is 31.2.